The first-order valence-corrected chi connectivity index (χ1v) is 9.83. The molecule has 4 rings (SSSR count). The fourth-order valence-corrected chi connectivity index (χ4v) is 3.98. The molecule has 1 N–H and O–H groups in total. The van der Waals surface area contributed by atoms with Crippen molar-refractivity contribution in [1.29, 1.82) is 5.26 Å². The van der Waals surface area contributed by atoms with Gasteiger partial charge in [0, 0.05) is 22.7 Å². The lowest BCUT2D eigenvalue weighted by atomic mass is 10.1. The molecule has 0 bridgehead atoms. The van der Waals surface area contributed by atoms with E-state index in [1.165, 1.54) is 17.3 Å². The number of para-hydroxylation sites is 1. The molecule has 6 heteroatoms. The van der Waals surface area contributed by atoms with Crippen LogP contribution in [0.2, 0.25) is 0 Å². The Hall–Kier alpha value is -3.30. The third kappa shape index (κ3) is 3.57. The number of carbonyl (C=O) groups excluding carboxylic acids is 1. The van der Waals surface area contributed by atoms with Gasteiger partial charge in [-0.05, 0) is 48.0 Å². The molecule has 1 fully saturated rings. The van der Waals surface area contributed by atoms with Crippen LogP contribution >= 0.6 is 11.8 Å². The predicted molar refractivity (Wildman–Crippen MR) is 114 cm³/mol. The van der Waals surface area contributed by atoms with Crippen LogP contribution in [0.5, 0.6) is 0 Å². The summed E-state index contributed by atoms with van der Waals surface area (Å²) < 4.78 is 1.89. The Bertz CT molecular complexity index is 1150. The highest BCUT2D eigenvalue weighted by Gasteiger charge is 2.24. The number of fused-ring (bicyclic) bond motifs is 1. The number of aliphatic imine (C=N–C) groups is 1. The number of nitrogens with zero attached hydrogens (tertiary/aromatic N) is 3. The van der Waals surface area contributed by atoms with Crippen molar-refractivity contribution in [2.24, 2.45) is 4.99 Å². The van der Waals surface area contributed by atoms with Crippen molar-refractivity contribution in [2.75, 3.05) is 0 Å². The van der Waals surface area contributed by atoms with Crippen molar-refractivity contribution in [1.82, 2.24) is 9.88 Å². The number of nitrogens with one attached hydrogen (secondary N) is 1. The number of rotatable bonds is 4. The maximum Gasteiger partial charge on any atom is 0.264 e. The number of amidine groups is 1. The number of carbonyl (C=O) groups is 1. The standard InChI is InChI=1S/C22H18N4OS/c1-2-15-7-9-17(10-8-15)24-22-25-21(27)20(28-22)13-16-14-26(12-11-23)19-6-4-3-5-18(16)19/h3-10,13-14H,2,12H2,1H3,(H,24,25,27)/b20-13-. The van der Waals surface area contributed by atoms with E-state index in [9.17, 15) is 4.79 Å². The summed E-state index contributed by atoms with van der Waals surface area (Å²) in [5, 5.41) is 13.5. The van der Waals surface area contributed by atoms with E-state index in [1.54, 1.807) is 0 Å². The largest absolute Gasteiger partial charge is 0.333 e. The van der Waals surface area contributed by atoms with Crippen molar-refractivity contribution in [3.8, 4) is 6.07 Å². The predicted octanol–water partition coefficient (Wildman–Crippen LogP) is 4.62. The van der Waals surface area contributed by atoms with Gasteiger partial charge in [0.2, 0.25) is 0 Å². The molecule has 5 nitrogen and oxygen atoms in total. The van der Waals surface area contributed by atoms with Gasteiger partial charge in [0.25, 0.3) is 5.91 Å². The van der Waals surface area contributed by atoms with Crippen LogP contribution in [0.25, 0.3) is 17.0 Å². The lowest BCUT2D eigenvalue weighted by Crippen LogP contribution is -2.19. The Balaban J connectivity index is 1.64. The van der Waals surface area contributed by atoms with E-state index in [0.717, 1.165) is 28.6 Å². The average molecular weight is 386 g/mol. The van der Waals surface area contributed by atoms with Gasteiger partial charge < -0.3 is 9.88 Å². The van der Waals surface area contributed by atoms with Gasteiger partial charge in [0.15, 0.2) is 5.17 Å². The second kappa shape index (κ2) is 7.75. The van der Waals surface area contributed by atoms with Gasteiger partial charge in [-0.3, -0.25) is 4.79 Å². The molecule has 1 aromatic heterocycles. The summed E-state index contributed by atoms with van der Waals surface area (Å²) >= 11 is 1.33. The van der Waals surface area contributed by atoms with E-state index in [0.29, 0.717) is 10.1 Å². The second-order valence-corrected chi connectivity index (χ2v) is 7.42. The molecule has 1 aliphatic heterocycles. The molecule has 28 heavy (non-hydrogen) atoms. The quantitative estimate of drug-likeness (QED) is 0.665. The zero-order chi connectivity index (χ0) is 19.5. The molecule has 0 atom stereocenters. The Labute approximate surface area is 167 Å². The van der Waals surface area contributed by atoms with Gasteiger partial charge in [-0.15, -0.1) is 0 Å². The lowest BCUT2D eigenvalue weighted by Gasteiger charge is -1.98. The summed E-state index contributed by atoms with van der Waals surface area (Å²) in [6.07, 6.45) is 4.75. The zero-order valence-electron chi connectivity index (χ0n) is 15.3. The highest BCUT2D eigenvalue weighted by Crippen LogP contribution is 2.31. The summed E-state index contributed by atoms with van der Waals surface area (Å²) in [7, 11) is 0. The van der Waals surface area contributed by atoms with Gasteiger partial charge in [-0.1, -0.05) is 37.3 Å². The Kier molecular flexibility index (Phi) is 5.00. The van der Waals surface area contributed by atoms with Gasteiger partial charge in [0.05, 0.1) is 16.7 Å². The maximum atomic E-state index is 12.4. The van der Waals surface area contributed by atoms with E-state index < -0.39 is 0 Å². The number of hydrogen-bond acceptors (Lipinski definition) is 4. The van der Waals surface area contributed by atoms with Crippen LogP contribution in [0.3, 0.4) is 0 Å². The minimum Gasteiger partial charge on any atom is -0.333 e. The fraction of sp³-hybridized carbons (Fsp3) is 0.136. The molecule has 2 aromatic carbocycles. The fourth-order valence-electron chi connectivity index (χ4n) is 3.14. The minimum absolute atomic E-state index is 0.161. The number of hydrogen-bond donors (Lipinski definition) is 1. The molecule has 138 valence electrons. The number of aromatic nitrogens is 1. The number of benzene rings is 2. The molecule has 0 radical (unpaired) electrons. The molecule has 1 amide bonds. The van der Waals surface area contributed by atoms with Gasteiger partial charge in [-0.2, -0.15) is 5.26 Å². The molecular formula is C22H18N4OS. The maximum absolute atomic E-state index is 12.4. The number of amides is 1. The first-order chi connectivity index (χ1) is 13.7. The summed E-state index contributed by atoms with van der Waals surface area (Å²) in [4.78, 5) is 17.5. The van der Waals surface area contributed by atoms with Crippen molar-refractivity contribution < 1.29 is 4.79 Å². The third-order valence-electron chi connectivity index (χ3n) is 4.57. The zero-order valence-corrected chi connectivity index (χ0v) is 16.2. The molecule has 0 saturated carbocycles. The summed E-state index contributed by atoms with van der Waals surface area (Å²) in [6.45, 7) is 2.38. The SMILES string of the molecule is CCc1ccc(N=C2NC(=O)/C(=C/c3cn(CC#N)c4ccccc34)S2)cc1. The Morgan fingerprint density at radius 1 is 1.21 bits per heavy atom. The summed E-state index contributed by atoms with van der Waals surface area (Å²) in [5.41, 5.74) is 3.95. The van der Waals surface area contributed by atoms with Crippen molar-refractivity contribution in [3.63, 3.8) is 0 Å². The van der Waals surface area contributed by atoms with Crippen LogP contribution in [0, 0.1) is 11.3 Å². The molecular weight excluding hydrogens is 368 g/mol. The smallest absolute Gasteiger partial charge is 0.264 e. The molecule has 0 spiro atoms. The van der Waals surface area contributed by atoms with E-state index in [1.807, 2.05) is 65.4 Å². The number of aryl methyl sites for hydroxylation is 1. The molecule has 2 heterocycles. The summed E-state index contributed by atoms with van der Waals surface area (Å²) in [5.74, 6) is -0.161. The lowest BCUT2D eigenvalue weighted by molar-refractivity contribution is -0.115. The number of nitriles is 1. The van der Waals surface area contributed by atoms with E-state index in [-0.39, 0.29) is 12.5 Å². The number of thioether (sulfide) groups is 1. The van der Waals surface area contributed by atoms with Crippen LogP contribution in [0.1, 0.15) is 18.1 Å². The van der Waals surface area contributed by atoms with E-state index in [2.05, 4.69) is 23.3 Å². The van der Waals surface area contributed by atoms with Crippen LogP contribution in [0.4, 0.5) is 5.69 Å². The third-order valence-corrected chi connectivity index (χ3v) is 5.48. The first-order valence-electron chi connectivity index (χ1n) is 9.01. The molecule has 1 saturated heterocycles. The Morgan fingerprint density at radius 3 is 2.75 bits per heavy atom. The highest BCUT2D eigenvalue weighted by atomic mass is 32.2. The van der Waals surface area contributed by atoms with Crippen LogP contribution < -0.4 is 5.32 Å². The van der Waals surface area contributed by atoms with Gasteiger partial charge in [-0.25, -0.2) is 4.99 Å². The van der Waals surface area contributed by atoms with Crippen molar-refractivity contribution >= 4 is 45.5 Å². The van der Waals surface area contributed by atoms with Crippen LogP contribution in [0.15, 0.2) is 64.6 Å². The van der Waals surface area contributed by atoms with Crippen molar-refractivity contribution in [3.05, 3.63) is 70.8 Å². The molecule has 1 aliphatic rings. The summed E-state index contributed by atoms with van der Waals surface area (Å²) in [6, 6.07) is 18.0. The van der Waals surface area contributed by atoms with Crippen molar-refractivity contribution in [2.45, 2.75) is 19.9 Å². The van der Waals surface area contributed by atoms with Crippen LogP contribution in [-0.2, 0) is 17.8 Å². The molecule has 3 aromatic rings. The highest BCUT2D eigenvalue weighted by molar-refractivity contribution is 8.18. The monoisotopic (exact) mass is 386 g/mol. The first kappa shape index (κ1) is 18.1. The van der Waals surface area contributed by atoms with E-state index in [4.69, 9.17) is 5.26 Å². The van der Waals surface area contributed by atoms with E-state index >= 15 is 0 Å². The topological polar surface area (TPSA) is 70.2 Å². The van der Waals surface area contributed by atoms with Crippen LogP contribution in [-0.4, -0.2) is 15.6 Å². The Morgan fingerprint density at radius 2 is 2.00 bits per heavy atom. The normalized spacial score (nSPS) is 16.6. The minimum atomic E-state index is -0.161. The van der Waals surface area contributed by atoms with Gasteiger partial charge >= 0.3 is 0 Å². The molecule has 0 unspecified atom stereocenters. The molecule has 0 aliphatic carbocycles. The second-order valence-electron chi connectivity index (χ2n) is 6.39. The van der Waals surface area contributed by atoms with Gasteiger partial charge in [0.1, 0.15) is 6.54 Å². The average Bonchev–Trinajstić information content (AvgIpc) is 3.23.